The molecule has 0 radical (unpaired) electrons. The number of aryl methyl sites for hydroxylation is 2. The normalized spacial score (nSPS) is 13.7. The minimum Gasteiger partial charge on any atom is -0.489 e. The molecule has 0 spiro atoms. The molecule has 4 aromatic rings. The van der Waals surface area contributed by atoms with Crippen molar-refractivity contribution < 1.29 is 18.2 Å². The summed E-state index contributed by atoms with van der Waals surface area (Å²) in [5, 5.41) is 11.3. The third-order valence-electron chi connectivity index (χ3n) is 5.89. The minimum absolute atomic E-state index is 0.293. The molecule has 0 fully saturated rings. The first-order valence-electron chi connectivity index (χ1n) is 10.9. The van der Waals surface area contributed by atoms with Gasteiger partial charge in [0.25, 0.3) is 0 Å². The smallest absolute Gasteiger partial charge is 0.178 e. The fraction of sp³-hybridized carbons (Fsp3) is 0.280. The molecule has 2 aromatic carbocycles. The molecule has 1 aliphatic rings. The molecule has 0 aliphatic carbocycles. The zero-order chi connectivity index (χ0) is 22.8. The number of aromatic nitrogens is 2. The summed E-state index contributed by atoms with van der Waals surface area (Å²) >= 11 is 0. The first kappa shape index (κ1) is 21.2. The lowest BCUT2D eigenvalue weighted by Crippen LogP contribution is -2.29. The monoisotopic (exact) mass is 448 g/mol. The second kappa shape index (κ2) is 9.07. The van der Waals surface area contributed by atoms with Crippen molar-refractivity contribution in [2.45, 2.75) is 40.0 Å². The summed E-state index contributed by atoms with van der Waals surface area (Å²) < 4.78 is 30.1. The molecule has 0 amide bonds. The van der Waals surface area contributed by atoms with E-state index in [1.165, 1.54) is 17.7 Å². The molecule has 1 N–H and O–H groups in total. The van der Waals surface area contributed by atoms with Crippen molar-refractivity contribution in [2.75, 3.05) is 11.9 Å². The zero-order valence-electron chi connectivity index (χ0n) is 18.6. The summed E-state index contributed by atoms with van der Waals surface area (Å²) in [5.41, 5.74) is 4.70. The van der Waals surface area contributed by atoms with Crippen LogP contribution in [-0.4, -0.2) is 21.8 Å². The highest BCUT2D eigenvalue weighted by Crippen LogP contribution is 2.29. The molecule has 3 heterocycles. The van der Waals surface area contributed by atoms with E-state index in [9.17, 15) is 4.39 Å². The third kappa shape index (κ3) is 4.75. The van der Waals surface area contributed by atoms with E-state index in [-0.39, 0.29) is 5.82 Å². The van der Waals surface area contributed by atoms with Gasteiger partial charge in [-0.1, -0.05) is 28.5 Å². The van der Waals surface area contributed by atoms with Crippen LogP contribution >= 0.6 is 0 Å². The Hall–Kier alpha value is -3.65. The lowest BCUT2D eigenvalue weighted by molar-refractivity contribution is 0.228. The van der Waals surface area contributed by atoms with Crippen molar-refractivity contribution in [1.82, 2.24) is 15.2 Å². The zero-order valence-corrected chi connectivity index (χ0v) is 18.6. The van der Waals surface area contributed by atoms with Gasteiger partial charge in [0.2, 0.25) is 0 Å². The van der Waals surface area contributed by atoms with E-state index in [2.05, 4.69) is 32.7 Å². The molecule has 1 aliphatic heterocycles. The van der Waals surface area contributed by atoms with E-state index < -0.39 is 0 Å². The van der Waals surface area contributed by atoms with Crippen LogP contribution in [0.5, 0.6) is 5.75 Å². The van der Waals surface area contributed by atoms with Crippen LogP contribution in [0.15, 0.2) is 57.6 Å². The van der Waals surface area contributed by atoms with Gasteiger partial charge in [0.15, 0.2) is 5.82 Å². The molecule has 5 rings (SSSR count). The number of nitrogens with one attached hydrogen (secondary N) is 1. The topological polar surface area (TPSA) is 76.6 Å². The van der Waals surface area contributed by atoms with Crippen LogP contribution in [0.1, 0.15) is 33.9 Å². The maximum Gasteiger partial charge on any atom is 0.178 e. The average Bonchev–Trinajstić information content (AvgIpc) is 3.35. The quantitative estimate of drug-likeness (QED) is 0.411. The van der Waals surface area contributed by atoms with E-state index in [0.29, 0.717) is 24.7 Å². The van der Waals surface area contributed by atoms with Crippen LogP contribution in [0, 0.1) is 19.7 Å². The molecule has 170 valence electrons. The summed E-state index contributed by atoms with van der Waals surface area (Å²) in [7, 11) is 0. The van der Waals surface area contributed by atoms with Gasteiger partial charge in [-0.15, -0.1) is 0 Å². The fourth-order valence-corrected chi connectivity index (χ4v) is 4.01. The fourth-order valence-electron chi connectivity index (χ4n) is 4.01. The molecule has 0 saturated carbocycles. The van der Waals surface area contributed by atoms with Crippen LogP contribution in [0.4, 0.5) is 15.9 Å². The molecule has 0 atom stereocenters. The predicted octanol–water partition coefficient (Wildman–Crippen LogP) is 5.30. The Morgan fingerprint density at radius 2 is 1.94 bits per heavy atom. The predicted molar refractivity (Wildman–Crippen MR) is 121 cm³/mol. The van der Waals surface area contributed by atoms with Gasteiger partial charge in [-0.2, -0.15) is 0 Å². The standard InChI is InChI=1S/C25H25FN4O3/c1-16-23(17(2)32-28-16)15-31-21-8-6-18(7-9-21)13-30-11-10-24-22(14-30)25(29-33-24)27-20-5-3-4-19(26)12-20/h3-9,12H,10-11,13-15H2,1-2H3,(H,27,29). The second-order valence-electron chi connectivity index (χ2n) is 8.26. The maximum absolute atomic E-state index is 13.5. The maximum atomic E-state index is 13.5. The summed E-state index contributed by atoms with van der Waals surface area (Å²) in [6, 6.07) is 14.5. The van der Waals surface area contributed by atoms with E-state index in [1.54, 1.807) is 12.1 Å². The largest absolute Gasteiger partial charge is 0.489 e. The number of ether oxygens (including phenoxy) is 1. The molecule has 7 nitrogen and oxygen atoms in total. The van der Waals surface area contributed by atoms with Crippen LogP contribution in [0.25, 0.3) is 0 Å². The molecule has 0 bridgehead atoms. The van der Waals surface area contributed by atoms with Crippen molar-refractivity contribution in [1.29, 1.82) is 0 Å². The molecular weight excluding hydrogens is 423 g/mol. The SMILES string of the molecule is Cc1noc(C)c1COc1ccc(CN2CCc3onc(Nc4cccc(F)c4)c3C2)cc1. The van der Waals surface area contributed by atoms with Crippen LogP contribution in [0.3, 0.4) is 0 Å². The number of fused-ring (bicyclic) bond motifs is 1. The number of benzene rings is 2. The number of anilines is 2. The van der Waals surface area contributed by atoms with Gasteiger partial charge in [-0.3, -0.25) is 4.90 Å². The summed E-state index contributed by atoms with van der Waals surface area (Å²) in [5.74, 6) is 2.82. The third-order valence-corrected chi connectivity index (χ3v) is 5.89. The number of nitrogens with zero attached hydrogens (tertiary/aromatic N) is 3. The van der Waals surface area contributed by atoms with Gasteiger partial charge in [-0.05, 0) is 49.7 Å². The molecule has 33 heavy (non-hydrogen) atoms. The lowest BCUT2D eigenvalue weighted by atomic mass is 10.1. The highest BCUT2D eigenvalue weighted by molar-refractivity contribution is 5.60. The summed E-state index contributed by atoms with van der Waals surface area (Å²) in [4.78, 5) is 2.34. The minimum atomic E-state index is -0.293. The van der Waals surface area contributed by atoms with Gasteiger partial charge >= 0.3 is 0 Å². The van der Waals surface area contributed by atoms with Gasteiger partial charge in [0.05, 0.1) is 16.8 Å². The van der Waals surface area contributed by atoms with Crippen LogP contribution < -0.4 is 10.1 Å². The Labute approximate surface area is 191 Å². The van der Waals surface area contributed by atoms with Crippen LogP contribution in [0.2, 0.25) is 0 Å². The van der Waals surface area contributed by atoms with Crippen molar-refractivity contribution in [3.8, 4) is 5.75 Å². The first-order valence-corrected chi connectivity index (χ1v) is 10.9. The van der Waals surface area contributed by atoms with Crippen molar-refractivity contribution in [2.24, 2.45) is 0 Å². The number of halogens is 1. The van der Waals surface area contributed by atoms with E-state index in [4.69, 9.17) is 13.8 Å². The molecule has 8 heteroatoms. The van der Waals surface area contributed by atoms with Crippen molar-refractivity contribution in [3.63, 3.8) is 0 Å². The molecule has 2 aromatic heterocycles. The summed E-state index contributed by atoms with van der Waals surface area (Å²) in [6.07, 6.45) is 0.784. The molecular formula is C25H25FN4O3. The van der Waals surface area contributed by atoms with Gasteiger partial charge in [0, 0.05) is 31.7 Å². The first-order chi connectivity index (χ1) is 16.0. The second-order valence-corrected chi connectivity index (χ2v) is 8.26. The number of hydrogen-bond acceptors (Lipinski definition) is 7. The Morgan fingerprint density at radius 1 is 1.09 bits per heavy atom. The highest BCUT2D eigenvalue weighted by atomic mass is 19.1. The average molecular weight is 448 g/mol. The van der Waals surface area contributed by atoms with Gasteiger partial charge < -0.3 is 19.1 Å². The lowest BCUT2D eigenvalue weighted by Gasteiger charge is -2.26. The van der Waals surface area contributed by atoms with Crippen LogP contribution in [-0.2, 0) is 26.1 Å². The van der Waals surface area contributed by atoms with E-state index in [1.807, 2.05) is 26.0 Å². The highest BCUT2D eigenvalue weighted by Gasteiger charge is 2.24. The Balaban J connectivity index is 1.20. The van der Waals surface area contributed by atoms with E-state index in [0.717, 1.165) is 53.6 Å². The Morgan fingerprint density at radius 3 is 2.70 bits per heavy atom. The Bertz CT molecular complexity index is 1230. The van der Waals surface area contributed by atoms with Gasteiger partial charge in [0.1, 0.15) is 29.7 Å². The van der Waals surface area contributed by atoms with E-state index >= 15 is 0 Å². The Kier molecular flexibility index (Phi) is 5.83. The molecule has 0 saturated heterocycles. The van der Waals surface area contributed by atoms with Crippen molar-refractivity contribution >= 4 is 11.5 Å². The number of rotatable bonds is 7. The number of hydrogen-bond donors (Lipinski definition) is 1. The van der Waals surface area contributed by atoms with Gasteiger partial charge in [-0.25, -0.2) is 4.39 Å². The van der Waals surface area contributed by atoms with Crippen molar-refractivity contribution in [3.05, 3.63) is 88.3 Å². The summed E-state index contributed by atoms with van der Waals surface area (Å²) in [6.45, 7) is 6.63. The molecule has 0 unspecified atom stereocenters.